The molecule has 1 aromatic rings. The van der Waals surface area contributed by atoms with Crippen molar-refractivity contribution in [1.82, 2.24) is 0 Å². The molecule has 5 heteroatoms. The molecule has 5 nitrogen and oxygen atoms in total. The molecule has 0 N–H and O–H groups in total. The van der Waals surface area contributed by atoms with Crippen LogP contribution in [0.5, 0.6) is 5.75 Å². The van der Waals surface area contributed by atoms with Gasteiger partial charge in [0.1, 0.15) is 5.75 Å². The maximum absolute atomic E-state index is 11.2. The summed E-state index contributed by atoms with van der Waals surface area (Å²) in [5, 5.41) is 0. The van der Waals surface area contributed by atoms with Gasteiger partial charge >= 0.3 is 11.9 Å². The van der Waals surface area contributed by atoms with E-state index >= 15 is 0 Å². The predicted octanol–water partition coefficient (Wildman–Crippen LogP) is 2.33. The Morgan fingerprint density at radius 3 is 2.20 bits per heavy atom. The zero-order valence-corrected chi connectivity index (χ0v) is 11.6. The van der Waals surface area contributed by atoms with Crippen molar-refractivity contribution in [2.24, 2.45) is 0 Å². The van der Waals surface area contributed by atoms with E-state index in [0.29, 0.717) is 5.75 Å². The molecule has 106 valence electrons. The van der Waals surface area contributed by atoms with Crippen LogP contribution in [0.2, 0.25) is 0 Å². The summed E-state index contributed by atoms with van der Waals surface area (Å²) in [6.45, 7) is 1.34. The highest BCUT2D eigenvalue weighted by molar-refractivity contribution is 5.86. The average Bonchev–Trinajstić information content (AvgIpc) is 2.44. The van der Waals surface area contributed by atoms with E-state index in [4.69, 9.17) is 9.47 Å². The fourth-order valence-corrected chi connectivity index (χ4v) is 1.38. The molecule has 0 spiro atoms. The minimum absolute atomic E-state index is 0.111. The monoisotopic (exact) mass is 276 g/mol. The lowest BCUT2D eigenvalue weighted by atomic mass is 10.2. The van der Waals surface area contributed by atoms with Crippen LogP contribution in [-0.4, -0.2) is 26.2 Å². The second kappa shape index (κ2) is 7.78. The number of benzene rings is 1. The van der Waals surface area contributed by atoms with Crippen LogP contribution in [0.25, 0.3) is 6.08 Å². The van der Waals surface area contributed by atoms with Gasteiger partial charge in [-0.05, 0) is 23.8 Å². The Morgan fingerprint density at radius 2 is 1.70 bits per heavy atom. The summed E-state index contributed by atoms with van der Waals surface area (Å²) in [6, 6.07) is 6.94. The molecule has 0 unspecified atom stereocenters. The van der Waals surface area contributed by atoms with Gasteiger partial charge in [-0.15, -0.1) is 0 Å². The standard InChI is InChI=1S/C15H16O5/c1-11(16)20-13-9-7-12(8-10-13)5-4-6-14(18-2)15(17)19-3/h4-10H,1-3H3. The molecular formula is C15H16O5. The van der Waals surface area contributed by atoms with E-state index in [0.717, 1.165) is 5.56 Å². The molecule has 20 heavy (non-hydrogen) atoms. The summed E-state index contributed by atoms with van der Waals surface area (Å²) in [6.07, 6.45) is 4.95. The molecule has 0 saturated heterocycles. The zero-order valence-electron chi connectivity index (χ0n) is 11.6. The molecule has 0 bridgehead atoms. The number of methoxy groups -OCH3 is 2. The van der Waals surface area contributed by atoms with Gasteiger partial charge in [-0.3, -0.25) is 4.79 Å². The molecule has 1 rings (SSSR count). The van der Waals surface area contributed by atoms with Crippen molar-refractivity contribution >= 4 is 18.0 Å². The van der Waals surface area contributed by atoms with Gasteiger partial charge in [0, 0.05) is 6.92 Å². The van der Waals surface area contributed by atoms with Crippen LogP contribution in [-0.2, 0) is 19.1 Å². The lowest BCUT2D eigenvalue weighted by Crippen LogP contribution is -2.05. The number of rotatable bonds is 5. The lowest BCUT2D eigenvalue weighted by Gasteiger charge is -2.02. The Morgan fingerprint density at radius 1 is 1.05 bits per heavy atom. The Bertz CT molecular complexity index is 526. The van der Waals surface area contributed by atoms with E-state index in [1.165, 1.54) is 27.2 Å². The predicted molar refractivity (Wildman–Crippen MR) is 73.9 cm³/mol. The molecule has 0 atom stereocenters. The third-order valence-corrected chi connectivity index (χ3v) is 2.28. The number of ether oxygens (including phenoxy) is 3. The van der Waals surface area contributed by atoms with E-state index in [9.17, 15) is 9.59 Å². The largest absolute Gasteiger partial charge is 0.490 e. The first-order valence-corrected chi connectivity index (χ1v) is 5.86. The molecule has 1 aromatic carbocycles. The normalized spacial score (nSPS) is 11.2. The Kier molecular flexibility index (Phi) is 6.03. The maximum Gasteiger partial charge on any atom is 0.373 e. The minimum Gasteiger partial charge on any atom is -0.490 e. The van der Waals surface area contributed by atoms with E-state index in [1.807, 2.05) is 0 Å². The van der Waals surface area contributed by atoms with Crippen molar-refractivity contribution in [3.05, 3.63) is 47.7 Å². The van der Waals surface area contributed by atoms with Gasteiger partial charge in [-0.2, -0.15) is 0 Å². The van der Waals surface area contributed by atoms with Crippen LogP contribution < -0.4 is 4.74 Å². The third kappa shape index (κ3) is 4.97. The van der Waals surface area contributed by atoms with Crippen LogP contribution in [0, 0.1) is 0 Å². The number of esters is 2. The van der Waals surface area contributed by atoms with Crippen molar-refractivity contribution in [3.63, 3.8) is 0 Å². The maximum atomic E-state index is 11.2. The lowest BCUT2D eigenvalue weighted by molar-refractivity contribution is -0.139. The van der Waals surface area contributed by atoms with Crippen LogP contribution >= 0.6 is 0 Å². The number of allylic oxidation sites excluding steroid dienone is 2. The summed E-state index contributed by atoms with van der Waals surface area (Å²) in [4.78, 5) is 22.0. The molecular weight excluding hydrogens is 260 g/mol. The van der Waals surface area contributed by atoms with E-state index in [-0.39, 0.29) is 11.7 Å². The van der Waals surface area contributed by atoms with Gasteiger partial charge < -0.3 is 14.2 Å². The number of hydrogen-bond donors (Lipinski definition) is 0. The van der Waals surface area contributed by atoms with E-state index < -0.39 is 5.97 Å². The van der Waals surface area contributed by atoms with Crippen molar-refractivity contribution in [2.45, 2.75) is 6.92 Å². The minimum atomic E-state index is -0.539. The summed E-state index contributed by atoms with van der Waals surface area (Å²) in [5.74, 6) is -0.306. The van der Waals surface area contributed by atoms with Crippen LogP contribution in [0.3, 0.4) is 0 Å². The topological polar surface area (TPSA) is 61.8 Å². The fraction of sp³-hybridized carbons (Fsp3) is 0.200. The Hall–Kier alpha value is -2.56. The summed E-state index contributed by atoms with van der Waals surface area (Å²) in [7, 11) is 2.68. The van der Waals surface area contributed by atoms with Crippen LogP contribution in [0.15, 0.2) is 42.2 Å². The van der Waals surface area contributed by atoms with E-state index in [2.05, 4.69) is 4.74 Å². The van der Waals surface area contributed by atoms with Gasteiger partial charge in [0.25, 0.3) is 0 Å². The quantitative estimate of drug-likeness (QED) is 0.271. The molecule has 0 heterocycles. The zero-order chi connectivity index (χ0) is 15.0. The summed E-state index contributed by atoms with van der Waals surface area (Å²) >= 11 is 0. The second-order valence-corrected chi connectivity index (χ2v) is 3.75. The van der Waals surface area contributed by atoms with Crippen molar-refractivity contribution in [1.29, 1.82) is 0 Å². The van der Waals surface area contributed by atoms with Crippen molar-refractivity contribution in [2.75, 3.05) is 14.2 Å². The highest BCUT2D eigenvalue weighted by Gasteiger charge is 2.06. The Labute approximate surface area is 117 Å². The SMILES string of the molecule is COC(=O)C(=CC=Cc1ccc(OC(C)=O)cc1)OC. The highest BCUT2D eigenvalue weighted by Crippen LogP contribution is 2.13. The van der Waals surface area contributed by atoms with Gasteiger partial charge in [0.05, 0.1) is 14.2 Å². The first-order chi connectivity index (χ1) is 9.56. The molecule has 0 aliphatic rings. The molecule has 0 amide bonds. The smallest absolute Gasteiger partial charge is 0.373 e. The summed E-state index contributed by atoms with van der Waals surface area (Å²) in [5.41, 5.74) is 0.887. The van der Waals surface area contributed by atoms with Gasteiger partial charge in [-0.25, -0.2) is 4.79 Å². The van der Waals surface area contributed by atoms with Crippen molar-refractivity contribution < 1.29 is 23.8 Å². The average molecular weight is 276 g/mol. The molecule has 0 aliphatic carbocycles. The van der Waals surface area contributed by atoms with Gasteiger partial charge in [0.15, 0.2) is 0 Å². The van der Waals surface area contributed by atoms with Crippen molar-refractivity contribution in [3.8, 4) is 5.75 Å². The molecule has 0 saturated carbocycles. The van der Waals surface area contributed by atoms with E-state index in [1.54, 1.807) is 36.4 Å². The van der Waals surface area contributed by atoms with Crippen LogP contribution in [0.1, 0.15) is 12.5 Å². The van der Waals surface area contributed by atoms with Crippen LogP contribution in [0.4, 0.5) is 0 Å². The second-order valence-electron chi connectivity index (χ2n) is 3.75. The van der Waals surface area contributed by atoms with Gasteiger partial charge in [0.2, 0.25) is 5.76 Å². The third-order valence-electron chi connectivity index (χ3n) is 2.28. The Balaban J connectivity index is 2.73. The molecule has 0 fully saturated rings. The molecule has 0 radical (unpaired) electrons. The highest BCUT2D eigenvalue weighted by atomic mass is 16.6. The fourth-order valence-electron chi connectivity index (χ4n) is 1.38. The molecule has 0 aliphatic heterocycles. The molecule has 0 aromatic heterocycles. The number of hydrogen-bond acceptors (Lipinski definition) is 5. The first kappa shape index (κ1) is 15.5. The number of carbonyl (C=O) groups is 2. The number of carbonyl (C=O) groups excluding carboxylic acids is 2. The first-order valence-electron chi connectivity index (χ1n) is 5.86. The van der Waals surface area contributed by atoms with Gasteiger partial charge in [-0.1, -0.05) is 24.3 Å². The summed E-state index contributed by atoms with van der Waals surface area (Å²) < 4.78 is 14.3.